The lowest BCUT2D eigenvalue weighted by Crippen LogP contribution is -1.98. The molecule has 0 spiro atoms. The molecule has 3 nitrogen and oxygen atoms in total. The molecular weight excluding hydrogens is 431 g/mol. The molecule has 0 atom stereocenters. The van der Waals surface area contributed by atoms with E-state index < -0.39 is 0 Å². The van der Waals surface area contributed by atoms with Gasteiger partial charge in [-0.25, -0.2) is 0 Å². The number of carbonyl (C=O) groups excluding carboxylic acids is 1. The van der Waals surface area contributed by atoms with Crippen molar-refractivity contribution in [2.24, 2.45) is 0 Å². The zero-order valence-electron chi connectivity index (χ0n) is 15.3. The van der Waals surface area contributed by atoms with Gasteiger partial charge in [-0.05, 0) is 60.5 Å². The monoisotopic (exact) mass is 444 g/mol. The van der Waals surface area contributed by atoms with Gasteiger partial charge in [-0.2, -0.15) is 0 Å². The maximum absolute atomic E-state index is 12.7. The first kappa shape index (κ1) is 19.8. The number of fused-ring (bicyclic) bond motifs is 1. The van der Waals surface area contributed by atoms with Crippen LogP contribution >= 0.6 is 34.8 Å². The van der Waals surface area contributed by atoms with Gasteiger partial charge in [0.2, 0.25) is 5.78 Å². The van der Waals surface area contributed by atoms with Gasteiger partial charge in [0.1, 0.15) is 18.1 Å². The summed E-state index contributed by atoms with van der Waals surface area (Å²) in [5, 5.41) is 1.65. The van der Waals surface area contributed by atoms with E-state index in [9.17, 15) is 4.79 Å². The van der Waals surface area contributed by atoms with Crippen LogP contribution in [0, 0.1) is 6.92 Å². The minimum absolute atomic E-state index is 0.196. The third-order valence-electron chi connectivity index (χ3n) is 4.59. The molecule has 3 aromatic rings. The Bertz CT molecular complexity index is 1130. The van der Waals surface area contributed by atoms with Crippen molar-refractivity contribution in [3.8, 4) is 11.5 Å². The van der Waals surface area contributed by atoms with Crippen molar-refractivity contribution in [2.75, 3.05) is 0 Å². The number of Topliss-reactive ketones (excluding diaryl/α,β-unsaturated/α-hetero) is 1. The Labute approximate surface area is 183 Å². The van der Waals surface area contributed by atoms with Crippen LogP contribution in [-0.4, -0.2) is 5.78 Å². The lowest BCUT2D eigenvalue weighted by Gasteiger charge is -2.11. The maximum Gasteiger partial charge on any atom is 0.231 e. The summed E-state index contributed by atoms with van der Waals surface area (Å²) in [5.41, 5.74) is 2.90. The lowest BCUT2D eigenvalue weighted by molar-refractivity contribution is 0.101. The molecule has 0 N–H and O–H groups in total. The molecule has 0 unspecified atom stereocenters. The van der Waals surface area contributed by atoms with Crippen molar-refractivity contribution in [2.45, 2.75) is 13.5 Å². The molecule has 1 aliphatic rings. The second-order valence-corrected chi connectivity index (χ2v) is 7.87. The first-order chi connectivity index (χ1) is 13.9. The number of hydrogen-bond acceptors (Lipinski definition) is 3. The standard InChI is InChI=1S/C23H15Cl3O3/c1-13-20(28-12-14-2-5-16(24)6-3-14)9-8-18-22(27)21(29-23(13)18)10-15-4-7-17(25)11-19(15)26/h2-11H,12H2,1H3/b21-10-. The Balaban J connectivity index is 1.58. The average molecular weight is 446 g/mol. The predicted octanol–water partition coefficient (Wildman–Crippen LogP) is 7.15. The fourth-order valence-electron chi connectivity index (χ4n) is 3.03. The molecule has 146 valence electrons. The third kappa shape index (κ3) is 4.13. The van der Waals surface area contributed by atoms with Gasteiger partial charge >= 0.3 is 0 Å². The number of ketones is 1. The Hall–Kier alpha value is -2.46. The molecule has 4 rings (SSSR count). The number of ether oxygens (including phenoxy) is 2. The van der Waals surface area contributed by atoms with Gasteiger partial charge in [0.25, 0.3) is 0 Å². The van der Waals surface area contributed by atoms with Crippen LogP contribution in [0.5, 0.6) is 11.5 Å². The average Bonchev–Trinajstić information content (AvgIpc) is 3.01. The summed E-state index contributed by atoms with van der Waals surface area (Å²) >= 11 is 18.1. The summed E-state index contributed by atoms with van der Waals surface area (Å²) in [6.45, 7) is 2.25. The highest BCUT2D eigenvalue weighted by Crippen LogP contribution is 2.40. The fourth-order valence-corrected chi connectivity index (χ4v) is 3.61. The topological polar surface area (TPSA) is 35.5 Å². The number of allylic oxidation sites excluding steroid dienone is 1. The molecule has 0 saturated carbocycles. The van der Waals surface area contributed by atoms with Crippen molar-refractivity contribution in [3.05, 3.63) is 97.7 Å². The first-order valence-corrected chi connectivity index (χ1v) is 9.96. The highest BCUT2D eigenvalue weighted by Gasteiger charge is 2.30. The van der Waals surface area contributed by atoms with E-state index in [1.54, 1.807) is 36.4 Å². The van der Waals surface area contributed by atoms with Crippen LogP contribution in [0.3, 0.4) is 0 Å². The van der Waals surface area contributed by atoms with Crippen molar-refractivity contribution in [3.63, 3.8) is 0 Å². The number of halogens is 3. The summed E-state index contributed by atoms with van der Waals surface area (Å²) < 4.78 is 11.8. The van der Waals surface area contributed by atoms with E-state index in [0.717, 1.165) is 11.1 Å². The minimum Gasteiger partial charge on any atom is -0.488 e. The van der Waals surface area contributed by atoms with Crippen LogP contribution < -0.4 is 9.47 Å². The van der Waals surface area contributed by atoms with Gasteiger partial charge in [0, 0.05) is 20.6 Å². The molecule has 0 amide bonds. The first-order valence-electron chi connectivity index (χ1n) is 8.82. The van der Waals surface area contributed by atoms with Gasteiger partial charge < -0.3 is 9.47 Å². The fraction of sp³-hybridized carbons (Fsp3) is 0.0870. The Morgan fingerprint density at radius 2 is 1.69 bits per heavy atom. The predicted molar refractivity (Wildman–Crippen MR) is 116 cm³/mol. The smallest absolute Gasteiger partial charge is 0.231 e. The molecule has 0 fully saturated rings. The molecule has 1 aliphatic heterocycles. The third-order valence-corrected chi connectivity index (χ3v) is 5.41. The Morgan fingerprint density at radius 3 is 2.41 bits per heavy atom. The van der Waals surface area contributed by atoms with E-state index in [1.807, 2.05) is 31.2 Å². The molecular formula is C23H15Cl3O3. The van der Waals surface area contributed by atoms with Crippen LogP contribution in [-0.2, 0) is 6.61 Å². The van der Waals surface area contributed by atoms with E-state index >= 15 is 0 Å². The van der Waals surface area contributed by atoms with Crippen LogP contribution in [0.2, 0.25) is 15.1 Å². The summed E-state index contributed by atoms with van der Waals surface area (Å²) in [7, 11) is 0. The normalized spacial score (nSPS) is 14.1. The SMILES string of the molecule is Cc1c(OCc2ccc(Cl)cc2)ccc2c1O/C(=C\c1ccc(Cl)cc1Cl)C2=O. The molecule has 6 heteroatoms. The van der Waals surface area contributed by atoms with Crippen LogP contribution in [0.4, 0.5) is 0 Å². The minimum atomic E-state index is -0.196. The molecule has 0 bridgehead atoms. The summed E-state index contributed by atoms with van der Waals surface area (Å²) in [6.07, 6.45) is 1.62. The summed E-state index contributed by atoms with van der Waals surface area (Å²) in [6, 6.07) is 16.0. The van der Waals surface area contributed by atoms with Gasteiger partial charge in [-0.3, -0.25) is 4.79 Å². The van der Waals surface area contributed by atoms with Gasteiger partial charge in [0.05, 0.1) is 5.56 Å². The van der Waals surface area contributed by atoms with Crippen molar-refractivity contribution >= 4 is 46.7 Å². The van der Waals surface area contributed by atoms with Crippen molar-refractivity contribution < 1.29 is 14.3 Å². The second kappa shape index (κ2) is 8.11. The van der Waals surface area contributed by atoms with E-state index in [0.29, 0.717) is 44.3 Å². The molecule has 0 aromatic heterocycles. The van der Waals surface area contributed by atoms with Gasteiger partial charge in [-0.1, -0.05) is 53.0 Å². The van der Waals surface area contributed by atoms with Crippen LogP contribution in [0.1, 0.15) is 27.0 Å². The summed E-state index contributed by atoms with van der Waals surface area (Å²) in [5.74, 6) is 1.16. The quantitative estimate of drug-likeness (QED) is 0.400. The van der Waals surface area contributed by atoms with Crippen molar-refractivity contribution in [1.29, 1.82) is 0 Å². The van der Waals surface area contributed by atoms with Crippen LogP contribution in [0.15, 0.2) is 60.4 Å². The Morgan fingerprint density at radius 1 is 0.966 bits per heavy atom. The zero-order chi connectivity index (χ0) is 20.5. The lowest BCUT2D eigenvalue weighted by atomic mass is 10.1. The Kier molecular flexibility index (Phi) is 5.55. The molecule has 3 aromatic carbocycles. The van der Waals surface area contributed by atoms with E-state index in [-0.39, 0.29) is 11.5 Å². The molecule has 0 radical (unpaired) electrons. The molecule has 0 aliphatic carbocycles. The van der Waals surface area contributed by atoms with Crippen LogP contribution in [0.25, 0.3) is 6.08 Å². The number of rotatable bonds is 4. The largest absolute Gasteiger partial charge is 0.488 e. The molecule has 1 heterocycles. The number of benzene rings is 3. The van der Waals surface area contributed by atoms with Crippen molar-refractivity contribution in [1.82, 2.24) is 0 Å². The number of hydrogen-bond donors (Lipinski definition) is 0. The van der Waals surface area contributed by atoms with E-state index in [1.165, 1.54) is 0 Å². The highest BCUT2D eigenvalue weighted by atomic mass is 35.5. The number of carbonyl (C=O) groups is 1. The molecule has 29 heavy (non-hydrogen) atoms. The summed E-state index contributed by atoms with van der Waals surface area (Å²) in [4.78, 5) is 12.7. The maximum atomic E-state index is 12.7. The highest BCUT2D eigenvalue weighted by molar-refractivity contribution is 6.35. The van der Waals surface area contributed by atoms with E-state index in [2.05, 4.69) is 0 Å². The van der Waals surface area contributed by atoms with Gasteiger partial charge in [-0.15, -0.1) is 0 Å². The van der Waals surface area contributed by atoms with E-state index in [4.69, 9.17) is 44.3 Å². The zero-order valence-corrected chi connectivity index (χ0v) is 17.6. The van der Waals surface area contributed by atoms with Gasteiger partial charge in [0.15, 0.2) is 5.76 Å². The molecule has 0 saturated heterocycles. The second-order valence-electron chi connectivity index (χ2n) is 6.59.